The molecule has 0 spiro atoms. The largest absolute Gasteiger partial charge is 0.506 e. The van der Waals surface area contributed by atoms with E-state index >= 15 is 0 Å². The van der Waals surface area contributed by atoms with Crippen LogP contribution in [0.3, 0.4) is 0 Å². The lowest BCUT2D eigenvalue weighted by molar-refractivity contribution is -0.130. The van der Waals surface area contributed by atoms with Gasteiger partial charge in [0, 0.05) is 19.2 Å². The maximum Gasteiger partial charge on any atom is 0.250 e. The number of aromatic hydroxyl groups is 1. The summed E-state index contributed by atoms with van der Waals surface area (Å²) >= 11 is 0. The first-order valence-electron chi connectivity index (χ1n) is 6.04. The van der Waals surface area contributed by atoms with Crippen LogP contribution >= 0.6 is 0 Å². The van der Waals surface area contributed by atoms with Gasteiger partial charge >= 0.3 is 0 Å². The minimum Gasteiger partial charge on any atom is -0.506 e. The van der Waals surface area contributed by atoms with Crippen LogP contribution in [-0.4, -0.2) is 43.4 Å². The molecule has 1 amide bonds. The lowest BCUT2D eigenvalue weighted by Crippen LogP contribution is -2.59. The molecule has 1 aliphatic rings. The second-order valence-electron chi connectivity index (χ2n) is 4.77. The van der Waals surface area contributed by atoms with Crippen molar-refractivity contribution in [3.05, 3.63) is 18.2 Å². The Bertz CT molecular complexity index is 472. The summed E-state index contributed by atoms with van der Waals surface area (Å²) in [4.78, 5) is 11.7. The molecule has 0 atom stereocenters. The third-order valence-electron chi connectivity index (χ3n) is 3.03. The molecule has 1 saturated heterocycles. The van der Waals surface area contributed by atoms with E-state index in [1.165, 1.54) is 13.2 Å². The number of methoxy groups -OCH3 is 1. The molecule has 6 heteroatoms. The highest BCUT2D eigenvalue weighted by atomic mass is 16.5. The van der Waals surface area contributed by atoms with Gasteiger partial charge in [-0.05, 0) is 19.1 Å². The maximum atomic E-state index is 11.7. The smallest absolute Gasteiger partial charge is 0.250 e. The summed E-state index contributed by atoms with van der Waals surface area (Å²) in [5.41, 5.74) is 0.0746. The monoisotopic (exact) mass is 266 g/mol. The molecule has 1 fully saturated rings. The van der Waals surface area contributed by atoms with E-state index in [4.69, 9.17) is 9.47 Å². The van der Waals surface area contributed by atoms with Gasteiger partial charge in [0.05, 0.1) is 18.4 Å². The molecule has 104 valence electrons. The first-order chi connectivity index (χ1) is 9.02. The molecule has 0 saturated carbocycles. The SMILES string of the molecule is COc1ccc(NC(=O)COC2(C)CNC2)c(O)c1. The van der Waals surface area contributed by atoms with E-state index in [9.17, 15) is 9.90 Å². The molecule has 0 aliphatic carbocycles. The van der Waals surface area contributed by atoms with E-state index in [1.807, 2.05) is 6.92 Å². The third-order valence-corrected chi connectivity index (χ3v) is 3.03. The fourth-order valence-electron chi connectivity index (χ4n) is 1.75. The molecular formula is C13H18N2O4. The predicted octanol–water partition coefficient (Wildman–Crippen LogP) is 0.718. The van der Waals surface area contributed by atoms with Gasteiger partial charge in [-0.3, -0.25) is 4.79 Å². The molecule has 1 aromatic rings. The van der Waals surface area contributed by atoms with Crippen molar-refractivity contribution in [1.82, 2.24) is 5.32 Å². The molecule has 1 heterocycles. The van der Waals surface area contributed by atoms with E-state index < -0.39 is 0 Å². The Hall–Kier alpha value is -1.79. The first-order valence-corrected chi connectivity index (χ1v) is 6.04. The van der Waals surface area contributed by atoms with E-state index in [0.29, 0.717) is 11.4 Å². The second-order valence-corrected chi connectivity index (χ2v) is 4.77. The number of hydrogen-bond donors (Lipinski definition) is 3. The topological polar surface area (TPSA) is 79.8 Å². The van der Waals surface area contributed by atoms with Crippen molar-refractivity contribution in [3.63, 3.8) is 0 Å². The summed E-state index contributed by atoms with van der Waals surface area (Å²) in [5, 5.41) is 15.4. The Kier molecular flexibility index (Phi) is 3.92. The minimum atomic E-state index is -0.298. The van der Waals surface area contributed by atoms with Gasteiger partial charge < -0.3 is 25.2 Å². The van der Waals surface area contributed by atoms with E-state index in [-0.39, 0.29) is 23.9 Å². The lowest BCUT2D eigenvalue weighted by atomic mass is 10.0. The Balaban J connectivity index is 1.88. The number of rotatable bonds is 5. The zero-order chi connectivity index (χ0) is 13.9. The third kappa shape index (κ3) is 3.36. The number of phenolic OH excluding ortho intramolecular Hbond substituents is 1. The Morgan fingerprint density at radius 1 is 1.53 bits per heavy atom. The number of nitrogens with one attached hydrogen (secondary N) is 2. The Morgan fingerprint density at radius 2 is 2.26 bits per heavy atom. The molecule has 3 N–H and O–H groups in total. The molecule has 0 unspecified atom stereocenters. The second kappa shape index (κ2) is 5.46. The molecule has 1 aliphatic heterocycles. The Labute approximate surface area is 111 Å². The van der Waals surface area contributed by atoms with Gasteiger partial charge in [0.1, 0.15) is 18.1 Å². The van der Waals surface area contributed by atoms with Gasteiger partial charge in [0.2, 0.25) is 0 Å². The van der Waals surface area contributed by atoms with Crippen molar-refractivity contribution >= 4 is 11.6 Å². The fraction of sp³-hybridized carbons (Fsp3) is 0.462. The van der Waals surface area contributed by atoms with Crippen molar-refractivity contribution in [1.29, 1.82) is 0 Å². The van der Waals surface area contributed by atoms with Gasteiger partial charge in [-0.1, -0.05) is 0 Å². The van der Waals surface area contributed by atoms with Crippen LogP contribution in [0.4, 0.5) is 5.69 Å². The molecule has 1 aromatic carbocycles. The highest BCUT2D eigenvalue weighted by Crippen LogP contribution is 2.27. The van der Waals surface area contributed by atoms with Crippen molar-refractivity contribution in [2.75, 3.05) is 32.1 Å². The van der Waals surface area contributed by atoms with Crippen molar-refractivity contribution in [2.45, 2.75) is 12.5 Å². The maximum absolute atomic E-state index is 11.7. The van der Waals surface area contributed by atoms with E-state index in [2.05, 4.69) is 10.6 Å². The number of carbonyl (C=O) groups excluding carboxylic acids is 1. The summed E-state index contributed by atoms with van der Waals surface area (Å²) < 4.78 is 10.5. The van der Waals surface area contributed by atoms with Crippen LogP contribution < -0.4 is 15.4 Å². The molecule has 0 radical (unpaired) electrons. The van der Waals surface area contributed by atoms with Crippen molar-refractivity contribution in [2.24, 2.45) is 0 Å². The van der Waals surface area contributed by atoms with Gasteiger partial charge in [0.15, 0.2) is 0 Å². The zero-order valence-corrected chi connectivity index (χ0v) is 11.0. The summed E-state index contributed by atoms with van der Waals surface area (Å²) in [6.07, 6.45) is 0. The van der Waals surface area contributed by atoms with E-state index in [0.717, 1.165) is 13.1 Å². The van der Waals surface area contributed by atoms with Gasteiger partial charge in [-0.15, -0.1) is 0 Å². The van der Waals surface area contributed by atoms with Crippen LogP contribution in [0.1, 0.15) is 6.92 Å². The number of hydrogen-bond acceptors (Lipinski definition) is 5. The molecule has 0 aromatic heterocycles. The average Bonchev–Trinajstić information content (AvgIpc) is 2.36. The number of anilines is 1. The number of carbonyl (C=O) groups is 1. The van der Waals surface area contributed by atoms with Crippen molar-refractivity contribution < 1.29 is 19.4 Å². The highest BCUT2D eigenvalue weighted by Gasteiger charge is 2.33. The van der Waals surface area contributed by atoms with Crippen LogP contribution in [0.2, 0.25) is 0 Å². The van der Waals surface area contributed by atoms with Crippen LogP contribution in [0.25, 0.3) is 0 Å². The van der Waals surface area contributed by atoms with Gasteiger partial charge in [-0.25, -0.2) is 0 Å². The molecule has 6 nitrogen and oxygen atoms in total. The highest BCUT2D eigenvalue weighted by molar-refractivity contribution is 5.93. The summed E-state index contributed by atoms with van der Waals surface area (Å²) in [7, 11) is 1.51. The minimum absolute atomic E-state index is 0.0378. The quantitative estimate of drug-likeness (QED) is 0.684. The Morgan fingerprint density at radius 3 is 2.79 bits per heavy atom. The first kappa shape index (κ1) is 13.6. The van der Waals surface area contributed by atoms with Crippen LogP contribution in [-0.2, 0) is 9.53 Å². The van der Waals surface area contributed by atoms with Crippen molar-refractivity contribution in [3.8, 4) is 11.5 Å². The molecular weight excluding hydrogens is 248 g/mol. The van der Waals surface area contributed by atoms with Crippen LogP contribution in [0.5, 0.6) is 11.5 Å². The fourth-order valence-corrected chi connectivity index (χ4v) is 1.75. The van der Waals surface area contributed by atoms with Crippen LogP contribution in [0.15, 0.2) is 18.2 Å². The normalized spacial score (nSPS) is 16.5. The average molecular weight is 266 g/mol. The molecule has 19 heavy (non-hydrogen) atoms. The number of ether oxygens (including phenoxy) is 2. The van der Waals surface area contributed by atoms with E-state index in [1.54, 1.807) is 12.1 Å². The summed E-state index contributed by atoms with van der Waals surface area (Å²) in [6, 6.07) is 4.68. The van der Waals surface area contributed by atoms with Gasteiger partial charge in [0.25, 0.3) is 5.91 Å². The number of benzene rings is 1. The molecule has 0 bridgehead atoms. The number of phenols is 1. The zero-order valence-electron chi connectivity index (χ0n) is 11.0. The lowest BCUT2D eigenvalue weighted by Gasteiger charge is -2.38. The standard InChI is InChI=1S/C13H18N2O4/c1-13(7-14-8-13)19-6-12(17)15-10-4-3-9(18-2)5-11(10)16/h3-5,14,16H,6-8H2,1-2H3,(H,15,17). The predicted molar refractivity (Wildman–Crippen MR) is 70.5 cm³/mol. The summed E-state index contributed by atoms with van der Waals surface area (Å²) in [5.74, 6) is 0.192. The number of amides is 1. The van der Waals surface area contributed by atoms with Gasteiger partial charge in [-0.2, -0.15) is 0 Å². The summed E-state index contributed by atoms with van der Waals surface area (Å²) in [6.45, 7) is 3.40. The van der Waals surface area contributed by atoms with Crippen LogP contribution in [0, 0.1) is 0 Å². The molecule has 2 rings (SSSR count).